The lowest BCUT2D eigenvalue weighted by molar-refractivity contribution is -0.384. The van der Waals surface area contributed by atoms with Crippen LogP contribution in [-0.4, -0.2) is 25.9 Å². The number of nitro groups is 1. The Bertz CT molecular complexity index is 1170. The highest BCUT2D eigenvalue weighted by Gasteiger charge is 2.13. The molecule has 0 radical (unpaired) electrons. The molecule has 4 rings (SSSR count). The minimum absolute atomic E-state index is 0.0473. The highest BCUT2D eigenvalue weighted by molar-refractivity contribution is 7.14. The Morgan fingerprint density at radius 1 is 1.17 bits per heavy atom. The van der Waals surface area contributed by atoms with Crippen molar-refractivity contribution in [3.63, 3.8) is 0 Å². The number of anilines is 1. The van der Waals surface area contributed by atoms with Gasteiger partial charge in [0.2, 0.25) is 5.13 Å². The van der Waals surface area contributed by atoms with Crippen molar-refractivity contribution in [3.05, 3.63) is 87.5 Å². The summed E-state index contributed by atoms with van der Waals surface area (Å²) in [7, 11) is 0. The Kier molecular flexibility index (Phi) is 5.12. The number of aromatic nitrogens is 3. The molecule has 4 aromatic rings. The summed E-state index contributed by atoms with van der Waals surface area (Å²) >= 11 is 1.44. The molecule has 0 aliphatic heterocycles. The lowest BCUT2D eigenvalue weighted by atomic mass is 10.2. The second-order valence-electron chi connectivity index (χ2n) is 6.15. The molecule has 0 atom stereocenters. The molecule has 0 fully saturated rings. The van der Waals surface area contributed by atoms with Crippen molar-refractivity contribution < 1.29 is 4.92 Å². The van der Waals surface area contributed by atoms with Gasteiger partial charge in [-0.05, 0) is 36.8 Å². The first-order valence-corrected chi connectivity index (χ1v) is 9.59. The lowest BCUT2D eigenvalue weighted by Gasteiger charge is -2.04. The van der Waals surface area contributed by atoms with E-state index in [-0.39, 0.29) is 5.69 Å². The molecule has 0 saturated carbocycles. The van der Waals surface area contributed by atoms with Gasteiger partial charge in [0.25, 0.3) is 5.69 Å². The van der Waals surface area contributed by atoms with Gasteiger partial charge in [-0.1, -0.05) is 18.2 Å². The molecule has 2 aromatic carbocycles. The molecule has 144 valence electrons. The van der Waals surface area contributed by atoms with Crippen molar-refractivity contribution in [2.45, 2.75) is 6.92 Å². The second-order valence-corrected chi connectivity index (χ2v) is 7.01. The molecule has 0 bridgehead atoms. The number of benzene rings is 2. The van der Waals surface area contributed by atoms with Crippen molar-refractivity contribution in [2.24, 2.45) is 5.10 Å². The van der Waals surface area contributed by atoms with Crippen LogP contribution >= 0.6 is 11.3 Å². The Morgan fingerprint density at radius 3 is 2.66 bits per heavy atom. The van der Waals surface area contributed by atoms with E-state index in [1.54, 1.807) is 24.5 Å². The van der Waals surface area contributed by atoms with Crippen LogP contribution in [0, 0.1) is 17.0 Å². The third kappa shape index (κ3) is 4.04. The van der Waals surface area contributed by atoms with Crippen molar-refractivity contribution in [2.75, 3.05) is 5.43 Å². The largest absolute Gasteiger partial charge is 0.269 e. The number of hydrogen-bond donors (Lipinski definition) is 1. The Balaban J connectivity index is 1.46. The van der Waals surface area contributed by atoms with Crippen LogP contribution in [0.5, 0.6) is 0 Å². The SMILES string of the molecule is Cc1c(-c2csc(N/N=C/c3ccc([N+](=O)[O-])cc3)n2)cnn1-c1ccccc1. The minimum atomic E-state index is -0.432. The van der Waals surface area contributed by atoms with E-state index in [1.165, 1.54) is 23.5 Å². The zero-order valence-corrected chi connectivity index (χ0v) is 16.2. The van der Waals surface area contributed by atoms with Crippen LogP contribution in [0.1, 0.15) is 11.3 Å². The number of nitro benzene ring substituents is 1. The molecular formula is C20H16N6O2S. The molecule has 2 aromatic heterocycles. The van der Waals surface area contributed by atoms with E-state index in [1.807, 2.05) is 47.3 Å². The van der Waals surface area contributed by atoms with Gasteiger partial charge in [-0.2, -0.15) is 10.2 Å². The number of non-ortho nitro benzene ring substituents is 1. The summed E-state index contributed by atoms with van der Waals surface area (Å²) in [5, 5.41) is 21.9. The lowest BCUT2D eigenvalue weighted by Crippen LogP contribution is -1.98. The van der Waals surface area contributed by atoms with E-state index in [2.05, 4.69) is 20.6 Å². The Morgan fingerprint density at radius 2 is 1.93 bits per heavy atom. The molecule has 0 spiro atoms. The van der Waals surface area contributed by atoms with Gasteiger partial charge < -0.3 is 0 Å². The zero-order chi connectivity index (χ0) is 20.2. The van der Waals surface area contributed by atoms with E-state index in [4.69, 9.17) is 0 Å². The van der Waals surface area contributed by atoms with Crippen LogP contribution in [0.15, 0.2) is 71.3 Å². The first-order valence-electron chi connectivity index (χ1n) is 8.71. The second kappa shape index (κ2) is 8.03. The number of nitrogens with one attached hydrogen (secondary N) is 1. The summed E-state index contributed by atoms with van der Waals surface area (Å²) in [6.07, 6.45) is 3.39. The number of rotatable bonds is 6. The highest BCUT2D eigenvalue weighted by atomic mass is 32.1. The van der Waals surface area contributed by atoms with Gasteiger partial charge in [-0.15, -0.1) is 11.3 Å². The molecular weight excluding hydrogens is 388 g/mol. The molecule has 0 aliphatic carbocycles. The third-order valence-electron chi connectivity index (χ3n) is 4.27. The maximum absolute atomic E-state index is 10.7. The topological polar surface area (TPSA) is 98.2 Å². The van der Waals surface area contributed by atoms with Gasteiger partial charge in [-0.25, -0.2) is 9.67 Å². The predicted molar refractivity (Wildman–Crippen MR) is 114 cm³/mol. The zero-order valence-electron chi connectivity index (χ0n) is 15.4. The summed E-state index contributed by atoms with van der Waals surface area (Å²) in [4.78, 5) is 14.8. The Labute approximate surface area is 170 Å². The standard InChI is InChI=1S/C20H16N6O2S/c1-14-18(12-22-25(14)16-5-3-2-4-6-16)19-13-29-20(23-19)24-21-11-15-7-9-17(10-8-15)26(27)28/h2-13H,1H3,(H,23,24)/b21-11+. The molecule has 2 heterocycles. The third-order valence-corrected chi connectivity index (χ3v) is 5.02. The quantitative estimate of drug-likeness (QED) is 0.286. The van der Waals surface area contributed by atoms with Crippen LogP contribution in [0.25, 0.3) is 16.9 Å². The smallest absolute Gasteiger partial charge is 0.258 e. The fraction of sp³-hybridized carbons (Fsp3) is 0.0500. The number of nitrogens with zero attached hydrogens (tertiary/aromatic N) is 5. The summed E-state index contributed by atoms with van der Waals surface area (Å²) in [6.45, 7) is 2.01. The summed E-state index contributed by atoms with van der Waals surface area (Å²) in [5.74, 6) is 0. The molecule has 0 unspecified atom stereocenters. The molecule has 8 nitrogen and oxygen atoms in total. The summed E-state index contributed by atoms with van der Waals surface area (Å²) in [5.41, 5.74) is 7.47. The van der Waals surface area contributed by atoms with Crippen LogP contribution in [0.2, 0.25) is 0 Å². The first-order chi connectivity index (χ1) is 14.1. The van der Waals surface area contributed by atoms with E-state index in [9.17, 15) is 10.1 Å². The van der Waals surface area contributed by atoms with Crippen LogP contribution in [0.4, 0.5) is 10.8 Å². The van der Waals surface area contributed by atoms with Crippen LogP contribution in [0.3, 0.4) is 0 Å². The number of thiazole rings is 1. The molecule has 0 saturated heterocycles. The number of hydrogen-bond acceptors (Lipinski definition) is 7. The van der Waals surface area contributed by atoms with Crippen molar-refractivity contribution in [1.82, 2.24) is 14.8 Å². The fourth-order valence-electron chi connectivity index (χ4n) is 2.78. The van der Waals surface area contributed by atoms with E-state index in [0.29, 0.717) is 5.13 Å². The van der Waals surface area contributed by atoms with Gasteiger partial charge in [0.05, 0.1) is 34.4 Å². The maximum atomic E-state index is 10.7. The molecule has 1 N–H and O–H groups in total. The van der Waals surface area contributed by atoms with Crippen molar-refractivity contribution in [1.29, 1.82) is 0 Å². The average molecular weight is 404 g/mol. The van der Waals surface area contributed by atoms with Crippen LogP contribution < -0.4 is 5.43 Å². The fourth-order valence-corrected chi connectivity index (χ4v) is 3.44. The van der Waals surface area contributed by atoms with Crippen molar-refractivity contribution >= 4 is 28.4 Å². The van der Waals surface area contributed by atoms with Crippen LogP contribution in [-0.2, 0) is 0 Å². The van der Waals surface area contributed by atoms with Gasteiger partial charge in [0.1, 0.15) is 0 Å². The van der Waals surface area contributed by atoms with Gasteiger partial charge >= 0.3 is 0 Å². The highest BCUT2D eigenvalue weighted by Crippen LogP contribution is 2.28. The minimum Gasteiger partial charge on any atom is -0.258 e. The van der Waals surface area contributed by atoms with E-state index < -0.39 is 4.92 Å². The van der Waals surface area contributed by atoms with Crippen molar-refractivity contribution in [3.8, 4) is 16.9 Å². The molecule has 29 heavy (non-hydrogen) atoms. The Hall–Kier alpha value is -3.85. The van der Waals surface area contributed by atoms with Gasteiger partial charge in [0, 0.05) is 23.1 Å². The maximum Gasteiger partial charge on any atom is 0.269 e. The normalized spacial score (nSPS) is 11.1. The van der Waals surface area contributed by atoms with Gasteiger partial charge in [-0.3, -0.25) is 15.5 Å². The summed E-state index contributed by atoms with van der Waals surface area (Å²) in [6, 6.07) is 16.1. The van der Waals surface area contributed by atoms with E-state index in [0.717, 1.165) is 28.2 Å². The molecule has 0 amide bonds. The monoisotopic (exact) mass is 404 g/mol. The molecule has 0 aliphatic rings. The van der Waals surface area contributed by atoms with Gasteiger partial charge in [0.15, 0.2) is 0 Å². The average Bonchev–Trinajstić information content (AvgIpc) is 3.35. The first kappa shape index (κ1) is 18.5. The molecule has 9 heteroatoms. The number of hydrazone groups is 1. The summed E-state index contributed by atoms with van der Waals surface area (Å²) < 4.78 is 1.88. The van der Waals surface area contributed by atoms with E-state index >= 15 is 0 Å². The predicted octanol–water partition coefficient (Wildman–Crippen LogP) is 4.66. The number of para-hydroxylation sites is 1.